The van der Waals surface area contributed by atoms with Crippen molar-refractivity contribution in [1.82, 2.24) is 5.43 Å². The van der Waals surface area contributed by atoms with E-state index in [9.17, 15) is 8.78 Å². The van der Waals surface area contributed by atoms with Gasteiger partial charge in [0.15, 0.2) is 0 Å². The van der Waals surface area contributed by atoms with Crippen LogP contribution in [-0.4, -0.2) is 11.8 Å². The van der Waals surface area contributed by atoms with Crippen molar-refractivity contribution in [3.05, 3.63) is 35.4 Å². The number of nitrogens with one attached hydrogen (secondary N) is 1. The molecule has 0 aliphatic heterocycles. The summed E-state index contributed by atoms with van der Waals surface area (Å²) in [6.45, 7) is 1.92. The van der Waals surface area contributed by atoms with Gasteiger partial charge in [0.05, 0.1) is 5.71 Å². The molecule has 1 fully saturated rings. The van der Waals surface area contributed by atoms with Gasteiger partial charge in [-0.1, -0.05) is 26.2 Å². The smallest absolute Gasteiger partial charge is 0.135 e. The molecule has 0 aromatic heterocycles. The van der Waals surface area contributed by atoms with E-state index in [0.29, 0.717) is 23.7 Å². The number of rotatable bonds is 4. The first-order valence-corrected chi connectivity index (χ1v) is 6.98. The standard InChI is InChI=1S/C15H20F2N2/c1-2-15(13-9-8-11(16)10-14(13)17)19-18-12-6-4-3-5-7-12/h8-10,12,18H,2-7H2,1H3/b19-15+. The Balaban J connectivity index is 2.09. The van der Waals surface area contributed by atoms with Crippen LogP contribution in [0.2, 0.25) is 0 Å². The van der Waals surface area contributed by atoms with Crippen molar-refractivity contribution < 1.29 is 8.78 Å². The molecule has 1 aromatic carbocycles. The van der Waals surface area contributed by atoms with Crippen molar-refractivity contribution in [1.29, 1.82) is 0 Å². The minimum absolute atomic E-state index is 0.382. The molecule has 0 atom stereocenters. The van der Waals surface area contributed by atoms with Gasteiger partial charge in [0.2, 0.25) is 0 Å². The van der Waals surface area contributed by atoms with Gasteiger partial charge in [0.1, 0.15) is 11.6 Å². The molecular formula is C15H20F2N2. The van der Waals surface area contributed by atoms with E-state index in [4.69, 9.17) is 0 Å². The van der Waals surface area contributed by atoms with E-state index in [1.807, 2.05) is 6.92 Å². The summed E-state index contributed by atoms with van der Waals surface area (Å²) in [6.07, 6.45) is 6.58. The zero-order valence-corrected chi connectivity index (χ0v) is 11.3. The number of hydrogen-bond donors (Lipinski definition) is 1. The highest BCUT2D eigenvalue weighted by atomic mass is 19.1. The van der Waals surface area contributed by atoms with E-state index in [2.05, 4.69) is 10.5 Å². The number of hydrazone groups is 1. The molecule has 1 aromatic rings. The molecule has 1 saturated carbocycles. The summed E-state index contributed by atoms with van der Waals surface area (Å²) in [7, 11) is 0. The Kier molecular flexibility index (Phi) is 4.88. The number of halogens is 2. The van der Waals surface area contributed by atoms with Crippen molar-refractivity contribution >= 4 is 5.71 Å². The molecule has 1 aliphatic rings. The molecule has 19 heavy (non-hydrogen) atoms. The second kappa shape index (κ2) is 6.64. The van der Waals surface area contributed by atoms with Crippen molar-refractivity contribution in [2.24, 2.45) is 5.10 Å². The lowest BCUT2D eigenvalue weighted by molar-refractivity contribution is 0.380. The van der Waals surface area contributed by atoms with Crippen LogP contribution in [0, 0.1) is 11.6 Å². The molecule has 0 bridgehead atoms. The first kappa shape index (κ1) is 14.0. The Hall–Kier alpha value is -1.45. The minimum atomic E-state index is -0.558. The average Bonchev–Trinajstić information content (AvgIpc) is 2.42. The second-order valence-corrected chi connectivity index (χ2v) is 5.00. The van der Waals surface area contributed by atoms with E-state index in [1.54, 1.807) is 0 Å². The lowest BCUT2D eigenvalue weighted by Crippen LogP contribution is -2.28. The molecule has 0 radical (unpaired) electrons. The van der Waals surface area contributed by atoms with Gasteiger partial charge in [-0.15, -0.1) is 0 Å². The largest absolute Gasteiger partial charge is 0.307 e. The summed E-state index contributed by atoms with van der Waals surface area (Å²) < 4.78 is 26.6. The maximum Gasteiger partial charge on any atom is 0.135 e. The van der Waals surface area contributed by atoms with Gasteiger partial charge in [-0.05, 0) is 31.4 Å². The molecule has 2 nitrogen and oxygen atoms in total. The molecule has 104 valence electrons. The Labute approximate surface area is 112 Å². The van der Waals surface area contributed by atoms with E-state index in [1.165, 1.54) is 31.4 Å². The van der Waals surface area contributed by atoms with Gasteiger partial charge in [-0.25, -0.2) is 8.78 Å². The van der Waals surface area contributed by atoms with Crippen LogP contribution in [0.15, 0.2) is 23.3 Å². The van der Waals surface area contributed by atoms with Gasteiger partial charge in [-0.3, -0.25) is 0 Å². The number of nitrogens with zero attached hydrogens (tertiary/aromatic N) is 1. The van der Waals surface area contributed by atoms with E-state index < -0.39 is 11.6 Å². The Morgan fingerprint density at radius 1 is 1.26 bits per heavy atom. The molecule has 1 aliphatic carbocycles. The van der Waals surface area contributed by atoms with E-state index in [-0.39, 0.29) is 0 Å². The summed E-state index contributed by atoms with van der Waals surface area (Å²) in [5, 5.41) is 4.33. The van der Waals surface area contributed by atoms with Gasteiger partial charge in [-0.2, -0.15) is 5.10 Å². The van der Waals surface area contributed by atoms with Crippen LogP contribution in [0.25, 0.3) is 0 Å². The lowest BCUT2D eigenvalue weighted by Gasteiger charge is -2.21. The number of hydrogen-bond acceptors (Lipinski definition) is 2. The van der Waals surface area contributed by atoms with Crippen molar-refractivity contribution in [2.45, 2.75) is 51.5 Å². The first-order valence-electron chi connectivity index (χ1n) is 6.98. The molecule has 0 unspecified atom stereocenters. The zero-order chi connectivity index (χ0) is 13.7. The summed E-state index contributed by atoms with van der Waals surface area (Å²) in [6, 6.07) is 4.01. The summed E-state index contributed by atoms with van der Waals surface area (Å²) >= 11 is 0. The van der Waals surface area contributed by atoms with Crippen molar-refractivity contribution in [3.8, 4) is 0 Å². The van der Waals surface area contributed by atoms with E-state index >= 15 is 0 Å². The normalized spacial score (nSPS) is 17.5. The predicted octanol–water partition coefficient (Wildman–Crippen LogP) is 4.00. The molecule has 0 heterocycles. The Bertz CT molecular complexity index is 451. The van der Waals surface area contributed by atoms with Crippen LogP contribution in [0.5, 0.6) is 0 Å². The predicted molar refractivity (Wildman–Crippen MR) is 73.2 cm³/mol. The van der Waals surface area contributed by atoms with E-state index in [0.717, 1.165) is 18.9 Å². The molecule has 0 saturated heterocycles. The maximum atomic E-state index is 13.7. The third-order valence-electron chi connectivity index (χ3n) is 3.56. The van der Waals surface area contributed by atoms with Gasteiger partial charge in [0.25, 0.3) is 0 Å². The third-order valence-corrected chi connectivity index (χ3v) is 3.56. The fourth-order valence-electron chi connectivity index (χ4n) is 2.45. The molecule has 2 rings (SSSR count). The average molecular weight is 266 g/mol. The summed E-state index contributed by atoms with van der Waals surface area (Å²) in [4.78, 5) is 0. The quantitative estimate of drug-likeness (QED) is 0.646. The van der Waals surface area contributed by atoms with Gasteiger partial charge in [0, 0.05) is 17.7 Å². The lowest BCUT2D eigenvalue weighted by atomic mass is 9.96. The van der Waals surface area contributed by atoms with Crippen LogP contribution in [0.3, 0.4) is 0 Å². The second-order valence-electron chi connectivity index (χ2n) is 5.00. The Morgan fingerprint density at radius 3 is 2.63 bits per heavy atom. The molecular weight excluding hydrogens is 246 g/mol. The topological polar surface area (TPSA) is 24.4 Å². The third kappa shape index (κ3) is 3.75. The highest BCUT2D eigenvalue weighted by Crippen LogP contribution is 2.18. The van der Waals surface area contributed by atoms with Crippen LogP contribution >= 0.6 is 0 Å². The molecule has 0 spiro atoms. The van der Waals surface area contributed by atoms with Gasteiger partial charge < -0.3 is 5.43 Å². The highest BCUT2D eigenvalue weighted by Gasteiger charge is 2.13. The summed E-state index contributed by atoms with van der Waals surface area (Å²) in [5.74, 6) is -1.11. The van der Waals surface area contributed by atoms with Crippen molar-refractivity contribution in [2.75, 3.05) is 0 Å². The maximum absolute atomic E-state index is 13.7. The zero-order valence-electron chi connectivity index (χ0n) is 11.3. The fraction of sp³-hybridized carbons (Fsp3) is 0.533. The van der Waals surface area contributed by atoms with Crippen LogP contribution < -0.4 is 5.43 Å². The van der Waals surface area contributed by atoms with Crippen molar-refractivity contribution in [3.63, 3.8) is 0 Å². The number of benzene rings is 1. The van der Waals surface area contributed by atoms with Crippen LogP contribution in [-0.2, 0) is 0 Å². The SMILES string of the molecule is CC/C(=N\NC1CCCCC1)c1ccc(F)cc1F. The molecule has 1 N–H and O–H groups in total. The Morgan fingerprint density at radius 2 is 2.00 bits per heavy atom. The minimum Gasteiger partial charge on any atom is -0.307 e. The van der Waals surface area contributed by atoms with Crippen LogP contribution in [0.4, 0.5) is 8.78 Å². The fourth-order valence-corrected chi connectivity index (χ4v) is 2.45. The first-order chi connectivity index (χ1) is 9.20. The molecule has 4 heteroatoms. The monoisotopic (exact) mass is 266 g/mol. The molecule has 0 amide bonds. The highest BCUT2D eigenvalue weighted by molar-refractivity contribution is 6.00. The van der Waals surface area contributed by atoms with Crippen LogP contribution in [0.1, 0.15) is 51.0 Å². The van der Waals surface area contributed by atoms with Gasteiger partial charge >= 0.3 is 0 Å². The summed E-state index contributed by atoms with van der Waals surface area (Å²) in [5.41, 5.74) is 4.16.